The minimum Gasteiger partial charge on any atom is -0.462 e. The summed E-state index contributed by atoms with van der Waals surface area (Å²) in [5.41, 5.74) is 2.82. The zero-order chi connectivity index (χ0) is 22.0. The van der Waals surface area contributed by atoms with Gasteiger partial charge in [-0.05, 0) is 37.6 Å². The van der Waals surface area contributed by atoms with Gasteiger partial charge in [0.05, 0.1) is 23.3 Å². The van der Waals surface area contributed by atoms with E-state index in [1.807, 2.05) is 59.2 Å². The number of carbonyl (C=O) groups excluding carboxylic acids is 1. The van der Waals surface area contributed by atoms with E-state index in [0.29, 0.717) is 17.6 Å². The van der Waals surface area contributed by atoms with Crippen LogP contribution in [-0.4, -0.2) is 22.9 Å². The Balaban J connectivity index is 1.96. The van der Waals surface area contributed by atoms with Crippen LogP contribution in [0.2, 0.25) is 0 Å². The number of rotatable bonds is 6. The van der Waals surface area contributed by atoms with Crippen LogP contribution >= 0.6 is 0 Å². The number of benzene rings is 2. The molecule has 1 N–H and O–H groups in total. The number of aromatic nitrogens is 1. The highest BCUT2D eigenvalue weighted by Crippen LogP contribution is 2.28. The van der Waals surface area contributed by atoms with E-state index in [1.165, 1.54) is 19.3 Å². The van der Waals surface area contributed by atoms with E-state index < -0.39 is 5.97 Å². The second-order valence-corrected chi connectivity index (χ2v) is 7.19. The first-order chi connectivity index (χ1) is 15.0. The largest absolute Gasteiger partial charge is 0.462 e. The number of nitrogens with one attached hydrogen (secondary N) is 1. The fourth-order valence-corrected chi connectivity index (χ4v) is 3.64. The van der Waals surface area contributed by atoms with E-state index in [2.05, 4.69) is 0 Å². The highest BCUT2D eigenvalue weighted by molar-refractivity contribution is 6.21. The van der Waals surface area contributed by atoms with Crippen LogP contribution in [0.4, 0.5) is 0 Å². The number of fused-ring (bicyclic) bond motifs is 3. The molecule has 0 aliphatic carbocycles. The van der Waals surface area contributed by atoms with Gasteiger partial charge < -0.3 is 19.1 Å². The predicted octanol–water partition coefficient (Wildman–Crippen LogP) is 4.78. The normalized spacial score (nSPS) is 11.7. The molecular formula is C25H22N2O4. The molecule has 6 nitrogen and oxygen atoms in total. The first kappa shape index (κ1) is 20.3. The van der Waals surface area contributed by atoms with Gasteiger partial charge in [-0.25, -0.2) is 4.79 Å². The highest BCUT2D eigenvalue weighted by atomic mass is 16.5. The molecule has 0 spiro atoms. The monoisotopic (exact) mass is 414 g/mol. The van der Waals surface area contributed by atoms with Crippen LogP contribution in [0.25, 0.3) is 28.1 Å². The predicted molar refractivity (Wildman–Crippen MR) is 122 cm³/mol. The molecule has 6 heteroatoms. The average molecular weight is 414 g/mol. The van der Waals surface area contributed by atoms with Gasteiger partial charge in [-0.2, -0.15) is 0 Å². The van der Waals surface area contributed by atoms with Crippen LogP contribution in [0.1, 0.15) is 25.0 Å². The SMILES string of the molecule is CCOC(=O)/C(=C/c1coc2c3ccccc3n(Cc3ccccc3)c2c1=O)C(C)=N. The number of hydrogen-bond acceptors (Lipinski definition) is 5. The van der Waals surface area contributed by atoms with E-state index in [0.717, 1.165) is 16.5 Å². The Morgan fingerprint density at radius 3 is 2.55 bits per heavy atom. The molecule has 0 saturated heterocycles. The quantitative estimate of drug-likeness (QED) is 0.279. The van der Waals surface area contributed by atoms with Crippen molar-refractivity contribution in [1.29, 1.82) is 5.41 Å². The molecule has 156 valence electrons. The molecule has 0 atom stereocenters. The zero-order valence-electron chi connectivity index (χ0n) is 17.3. The summed E-state index contributed by atoms with van der Waals surface area (Å²) in [4.78, 5) is 25.7. The second kappa shape index (κ2) is 8.44. The van der Waals surface area contributed by atoms with Gasteiger partial charge in [-0.3, -0.25) is 4.79 Å². The maximum Gasteiger partial charge on any atom is 0.339 e. The summed E-state index contributed by atoms with van der Waals surface area (Å²) in [5, 5.41) is 8.76. The Kier molecular flexibility index (Phi) is 5.54. The standard InChI is InChI=1S/C25H22N2O4/c1-3-30-25(29)20(16(2)26)13-18-15-31-24-19-11-7-8-12-21(19)27(22(24)23(18)28)14-17-9-5-4-6-10-17/h4-13,15,26H,3,14H2,1-2H3/b20-13+,26-16?. The van der Waals surface area contributed by atoms with Gasteiger partial charge >= 0.3 is 5.97 Å². The van der Waals surface area contributed by atoms with Crippen molar-refractivity contribution < 1.29 is 13.9 Å². The Bertz CT molecular complexity index is 1380. The zero-order valence-corrected chi connectivity index (χ0v) is 17.3. The van der Waals surface area contributed by atoms with Gasteiger partial charge in [0.25, 0.3) is 0 Å². The molecule has 0 saturated carbocycles. The molecule has 0 amide bonds. The lowest BCUT2D eigenvalue weighted by atomic mass is 10.1. The van der Waals surface area contributed by atoms with Crippen molar-refractivity contribution in [3.63, 3.8) is 0 Å². The molecule has 4 aromatic rings. The van der Waals surface area contributed by atoms with Crippen molar-refractivity contribution in [2.24, 2.45) is 0 Å². The van der Waals surface area contributed by atoms with Crippen LogP contribution in [0, 0.1) is 5.41 Å². The fraction of sp³-hybridized carbons (Fsp3) is 0.160. The molecule has 2 aromatic carbocycles. The number of para-hydroxylation sites is 1. The number of esters is 1. The lowest BCUT2D eigenvalue weighted by Crippen LogP contribution is -2.16. The van der Waals surface area contributed by atoms with Crippen LogP contribution in [0.15, 0.2) is 75.6 Å². The maximum atomic E-state index is 13.5. The highest BCUT2D eigenvalue weighted by Gasteiger charge is 2.19. The summed E-state index contributed by atoms with van der Waals surface area (Å²) in [7, 11) is 0. The summed E-state index contributed by atoms with van der Waals surface area (Å²) < 4.78 is 12.9. The number of hydrogen-bond donors (Lipinski definition) is 1. The summed E-state index contributed by atoms with van der Waals surface area (Å²) in [5.74, 6) is -0.640. The second-order valence-electron chi connectivity index (χ2n) is 7.19. The summed E-state index contributed by atoms with van der Waals surface area (Å²) in [6.45, 7) is 3.85. The number of ether oxygens (including phenoxy) is 1. The third kappa shape index (κ3) is 3.80. The van der Waals surface area contributed by atoms with Gasteiger partial charge in [0.1, 0.15) is 11.8 Å². The molecule has 0 radical (unpaired) electrons. The molecule has 31 heavy (non-hydrogen) atoms. The Morgan fingerprint density at radius 2 is 1.84 bits per heavy atom. The van der Waals surface area contributed by atoms with Crippen LogP contribution in [0.5, 0.6) is 0 Å². The molecular weight excluding hydrogens is 392 g/mol. The van der Waals surface area contributed by atoms with E-state index in [-0.39, 0.29) is 28.9 Å². The van der Waals surface area contributed by atoms with Crippen LogP contribution in [0.3, 0.4) is 0 Å². The van der Waals surface area contributed by atoms with Crippen molar-refractivity contribution in [1.82, 2.24) is 4.57 Å². The molecule has 4 rings (SSSR count). The van der Waals surface area contributed by atoms with Crippen molar-refractivity contribution in [3.8, 4) is 0 Å². The topological polar surface area (TPSA) is 85.3 Å². The van der Waals surface area contributed by atoms with Crippen molar-refractivity contribution in [2.75, 3.05) is 6.61 Å². The minimum absolute atomic E-state index is 0.0165. The van der Waals surface area contributed by atoms with Gasteiger partial charge in [-0.1, -0.05) is 42.5 Å². The fourth-order valence-electron chi connectivity index (χ4n) is 3.64. The molecule has 0 fully saturated rings. The molecule has 0 unspecified atom stereocenters. The van der Waals surface area contributed by atoms with E-state index >= 15 is 0 Å². The third-order valence-electron chi connectivity index (χ3n) is 5.09. The number of carbonyl (C=O) groups is 1. The molecule has 0 aliphatic heterocycles. The van der Waals surface area contributed by atoms with Crippen LogP contribution < -0.4 is 5.43 Å². The minimum atomic E-state index is -0.640. The van der Waals surface area contributed by atoms with E-state index in [9.17, 15) is 9.59 Å². The molecule has 2 heterocycles. The van der Waals surface area contributed by atoms with Gasteiger partial charge in [0, 0.05) is 17.6 Å². The van der Waals surface area contributed by atoms with Gasteiger partial charge in [-0.15, -0.1) is 0 Å². The van der Waals surface area contributed by atoms with Crippen molar-refractivity contribution in [2.45, 2.75) is 20.4 Å². The Morgan fingerprint density at radius 1 is 1.13 bits per heavy atom. The summed E-state index contributed by atoms with van der Waals surface area (Å²) >= 11 is 0. The first-order valence-electron chi connectivity index (χ1n) is 10.0. The van der Waals surface area contributed by atoms with E-state index in [4.69, 9.17) is 14.6 Å². The smallest absolute Gasteiger partial charge is 0.339 e. The van der Waals surface area contributed by atoms with E-state index in [1.54, 1.807) is 6.92 Å². The van der Waals surface area contributed by atoms with Gasteiger partial charge in [0.2, 0.25) is 5.43 Å². The van der Waals surface area contributed by atoms with Crippen LogP contribution in [-0.2, 0) is 16.1 Å². The van der Waals surface area contributed by atoms with Crippen molar-refractivity contribution in [3.05, 3.63) is 87.8 Å². The summed E-state index contributed by atoms with van der Waals surface area (Å²) in [6.07, 6.45) is 2.71. The molecule has 0 bridgehead atoms. The Hall–Kier alpha value is -3.93. The summed E-state index contributed by atoms with van der Waals surface area (Å²) in [6, 6.07) is 17.6. The maximum absolute atomic E-state index is 13.5. The Labute approximate surface area is 178 Å². The average Bonchev–Trinajstić information content (AvgIpc) is 3.08. The lowest BCUT2D eigenvalue weighted by Gasteiger charge is -2.08. The van der Waals surface area contributed by atoms with Crippen molar-refractivity contribution >= 4 is 39.8 Å². The number of nitrogens with zero attached hydrogens (tertiary/aromatic N) is 1. The third-order valence-corrected chi connectivity index (χ3v) is 5.09. The lowest BCUT2D eigenvalue weighted by molar-refractivity contribution is -0.137. The first-order valence-corrected chi connectivity index (χ1v) is 10.0. The molecule has 0 aliphatic rings. The molecule has 2 aromatic heterocycles. The van der Waals surface area contributed by atoms with Gasteiger partial charge in [0.15, 0.2) is 5.58 Å².